The van der Waals surface area contributed by atoms with Crippen molar-refractivity contribution in [2.24, 2.45) is 10.9 Å². The van der Waals surface area contributed by atoms with Gasteiger partial charge in [-0.25, -0.2) is 0 Å². The quantitative estimate of drug-likeness (QED) is 0.291. The van der Waals surface area contributed by atoms with Crippen molar-refractivity contribution >= 4 is 5.84 Å². The Kier molecular flexibility index (Phi) is 4.98. The van der Waals surface area contributed by atoms with E-state index >= 15 is 0 Å². The van der Waals surface area contributed by atoms with Gasteiger partial charge in [0.1, 0.15) is 0 Å². The number of rotatable bonds is 4. The molecule has 0 aromatic rings. The maximum atomic E-state index is 8.60. The van der Waals surface area contributed by atoms with Crippen LogP contribution in [-0.2, 0) is 4.74 Å². The molecule has 0 aromatic heterocycles. The Morgan fingerprint density at radius 3 is 3.00 bits per heavy atom. The number of nitrogens with two attached hydrogens (primary N) is 1. The molecule has 1 rings (SSSR count). The summed E-state index contributed by atoms with van der Waals surface area (Å²) in [6.45, 7) is 5.36. The lowest BCUT2D eigenvalue weighted by atomic mass is 10.2. The smallest absolute Gasteiger partial charge is 0.156 e. The van der Waals surface area contributed by atoms with E-state index in [0.29, 0.717) is 0 Å². The zero-order valence-electron chi connectivity index (χ0n) is 10.3. The van der Waals surface area contributed by atoms with E-state index in [1.54, 1.807) is 0 Å². The van der Waals surface area contributed by atoms with Gasteiger partial charge in [0.25, 0.3) is 0 Å². The second-order valence-corrected chi connectivity index (χ2v) is 4.40. The number of ether oxygens (including phenoxy) is 1. The summed E-state index contributed by atoms with van der Waals surface area (Å²) in [6, 6.07) is -0.0826. The topological polar surface area (TPSA) is 74.3 Å². The van der Waals surface area contributed by atoms with Gasteiger partial charge in [0.05, 0.1) is 18.8 Å². The molecule has 6 heteroatoms. The zero-order chi connectivity index (χ0) is 12.1. The van der Waals surface area contributed by atoms with Gasteiger partial charge in [0.15, 0.2) is 5.84 Å². The molecule has 16 heavy (non-hydrogen) atoms. The molecule has 1 saturated heterocycles. The van der Waals surface area contributed by atoms with Crippen molar-refractivity contribution in [3.8, 4) is 0 Å². The summed E-state index contributed by atoms with van der Waals surface area (Å²) >= 11 is 0. The van der Waals surface area contributed by atoms with Crippen molar-refractivity contribution < 1.29 is 9.94 Å². The van der Waals surface area contributed by atoms with E-state index in [4.69, 9.17) is 15.7 Å². The van der Waals surface area contributed by atoms with Gasteiger partial charge in [-0.15, -0.1) is 0 Å². The molecule has 6 nitrogen and oxygen atoms in total. The molecule has 1 aliphatic heterocycles. The van der Waals surface area contributed by atoms with Gasteiger partial charge in [0, 0.05) is 19.6 Å². The highest BCUT2D eigenvalue weighted by molar-refractivity contribution is 5.84. The molecular formula is C10H22N4O2. The molecule has 0 radical (unpaired) electrons. The number of hydrogen-bond acceptors (Lipinski definition) is 5. The fourth-order valence-electron chi connectivity index (χ4n) is 1.77. The Morgan fingerprint density at radius 2 is 2.44 bits per heavy atom. The number of nitrogens with zero attached hydrogens (tertiary/aromatic N) is 3. The summed E-state index contributed by atoms with van der Waals surface area (Å²) in [5.41, 5.74) is 5.56. The zero-order valence-corrected chi connectivity index (χ0v) is 10.3. The monoisotopic (exact) mass is 230 g/mol. The van der Waals surface area contributed by atoms with Crippen LogP contribution >= 0.6 is 0 Å². The first-order chi connectivity index (χ1) is 7.54. The fourth-order valence-corrected chi connectivity index (χ4v) is 1.77. The predicted octanol–water partition coefficient (Wildman–Crippen LogP) is -0.616. The van der Waals surface area contributed by atoms with E-state index in [1.165, 1.54) is 0 Å². The number of likely N-dealkylation sites (N-methyl/N-ethyl adjacent to an activating group) is 2. The highest BCUT2D eigenvalue weighted by Gasteiger charge is 2.22. The Morgan fingerprint density at radius 1 is 1.75 bits per heavy atom. The van der Waals surface area contributed by atoms with Crippen molar-refractivity contribution in [3.63, 3.8) is 0 Å². The van der Waals surface area contributed by atoms with Crippen LogP contribution in [0.3, 0.4) is 0 Å². The van der Waals surface area contributed by atoms with Crippen LogP contribution in [0.5, 0.6) is 0 Å². The number of amidine groups is 1. The average molecular weight is 230 g/mol. The van der Waals surface area contributed by atoms with Gasteiger partial charge in [-0.05, 0) is 21.0 Å². The van der Waals surface area contributed by atoms with Crippen molar-refractivity contribution in [3.05, 3.63) is 0 Å². The molecule has 94 valence electrons. The maximum absolute atomic E-state index is 8.60. The standard InChI is InChI=1S/C10H22N4O2/c1-8(10(11)12-15)14(3)7-9-6-13(2)4-5-16-9/h8-9,15H,4-7H2,1-3H3,(H2,11,12). The van der Waals surface area contributed by atoms with E-state index in [2.05, 4.69) is 17.1 Å². The first kappa shape index (κ1) is 13.2. The minimum absolute atomic E-state index is 0.0826. The molecule has 1 aliphatic rings. The summed E-state index contributed by atoms with van der Waals surface area (Å²) in [4.78, 5) is 4.27. The van der Waals surface area contributed by atoms with Crippen molar-refractivity contribution in [2.45, 2.75) is 19.1 Å². The van der Waals surface area contributed by atoms with E-state index in [1.807, 2.05) is 18.9 Å². The summed E-state index contributed by atoms with van der Waals surface area (Å²) in [5.74, 6) is 0.228. The lowest BCUT2D eigenvalue weighted by Gasteiger charge is -2.34. The second-order valence-electron chi connectivity index (χ2n) is 4.40. The Balaban J connectivity index is 2.41. The minimum atomic E-state index is -0.0826. The predicted molar refractivity (Wildman–Crippen MR) is 62.7 cm³/mol. The van der Waals surface area contributed by atoms with Gasteiger partial charge < -0.3 is 20.6 Å². The first-order valence-corrected chi connectivity index (χ1v) is 5.52. The third-order valence-corrected chi connectivity index (χ3v) is 3.04. The third kappa shape index (κ3) is 3.62. The molecule has 0 amide bonds. The van der Waals surface area contributed by atoms with E-state index < -0.39 is 0 Å². The molecule has 2 atom stereocenters. The SMILES string of the molecule is CC(C(N)=NO)N(C)CC1CN(C)CCO1. The van der Waals surface area contributed by atoms with Crippen LogP contribution in [-0.4, -0.2) is 73.3 Å². The van der Waals surface area contributed by atoms with Crippen LogP contribution in [0.2, 0.25) is 0 Å². The van der Waals surface area contributed by atoms with Crippen LogP contribution in [0.15, 0.2) is 5.16 Å². The number of hydrogen-bond donors (Lipinski definition) is 2. The molecule has 1 heterocycles. The highest BCUT2D eigenvalue weighted by atomic mass is 16.5. The van der Waals surface area contributed by atoms with Gasteiger partial charge in [-0.1, -0.05) is 5.16 Å². The molecule has 0 spiro atoms. The molecule has 0 bridgehead atoms. The maximum Gasteiger partial charge on any atom is 0.156 e. The van der Waals surface area contributed by atoms with Crippen LogP contribution in [0.4, 0.5) is 0 Å². The Labute approximate surface area is 96.6 Å². The summed E-state index contributed by atoms with van der Waals surface area (Å²) in [5, 5.41) is 11.6. The molecule has 0 aliphatic carbocycles. The lowest BCUT2D eigenvalue weighted by molar-refractivity contribution is -0.0340. The second kappa shape index (κ2) is 6.03. The normalized spacial score (nSPS) is 26.0. The molecular weight excluding hydrogens is 208 g/mol. The number of oxime groups is 1. The Hall–Kier alpha value is -0.850. The molecule has 0 saturated carbocycles. The van der Waals surface area contributed by atoms with Crippen molar-refractivity contribution in [2.75, 3.05) is 40.3 Å². The van der Waals surface area contributed by atoms with Crippen LogP contribution in [0.25, 0.3) is 0 Å². The Bertz CT molecular complexity index is 247. The summed E-state index contributed by atoms with van der Waals surface area (Å²) in [7, 11) is 4.03. The van der Waals surface area contributed by atoms with E-state index in [0.717, 1.165) is 26.2 Å². The van der Waals surface area contributed by atoms with Crippen LogP contribution in [0, 0.1) is 0 Å². The first-order valence-electron chi connectivity index (χ1n) is 5.52. The van der Waals surface area contributed by atoms with Crippen LogP contribution < -0.4 is 5.73 Å². The minimum Gasteiger partial charge on any atom is -0.409 e. The summed E-state index contributed by atoms with van der Waals surface area (Å²) < 4.78 is 5.66. The van der Waals surface area contributed by atoms with Gasteiger partial charge >= 0.3 is 0 Å². The fraction of sp³-hybridized carbons (Fsp3) is 0.900. The van der Waals surface area contributed by atoms with Crippen molar-refractivity contribution in [1.29, 1.82) is 0 Å². The lowest BCUT2D eigenvalue weighted by Crippen LogP contribution is -2.49. The largest absolute Gasteiger partial charge is 0.409 e. The number of morpholine rings is 1. The van der Waals surface area contributed by atoms with E-state index in [-0.39, 0.29) is 18.0 Å². The van der Waals surface area contributed by atoms with Crippen molar-refractivity contribution in [1.82, 2.24) is 9.80 Å². The highest BCUT2D eigenvalue weighted by Crippen LogP contribution is 2.06. The van der Waals surface area contributed by atoms with Gasteiger partial charge in [-0.3, -0.25) is 4.90 Å². The summed E-state index contributed by atoms with van der Waals surface area (Å²) in [6.07, 6.45) is 0.192. The van der Waals surface area contributed by atoms with Gasteiger partial charge in [0.2, 0.25) is 0 Å². The van der Waals surface area contributed by atoms with Crippen LogP contribution in [0.1, 0.15) is 6.92 Å². The third-order valence-electron chi connectivity index (χ3n) is 3.04. The molecule has 0 aromatic carbocycles. The molecule has 1 fully saturated rings. The van der Waals surface area contributed by atoms with Gasteiger partial charge in [-0.2, -0.15) is 0 Å². The molecule has 2 unspecified atom stereocenters. The molecule has 3 N–H and O–H groups in total. The average Bonchev–Trinajstić information content (AvgIpc) is 2.27. The van der Waals surface area contributed by atoms with E-state index in [9.17, 15) is 0 Å².